The summed E-state index contributed by atoms with van der Waals surface area (Å²) in [6, 6.07) is 6.12. The van der Waals surface area contributed by atoms with Crippen LogP contribution in [0.5, 0.6) is 11.5 Å². The molecule has 3 rings (SSSR count). The molecule has 26 heavy (non-hydrogen) atoms. The molecule has 0 saturated carbocycles. The summed E-state index contributed by atoms with van der Waals surface area (Å²) in [4.78, 5) is 4.80. The topological polar surface area (TPSA) is 45.2 Å². The van der Waals surface area contributed by atoms with Gasteiger partial charge in [0, 0.05) is 13.1 Å². The van der Waals surface area contributed by atoms with Gasteiger partial charge in [-0.05, 0) is 63.1 Å². The molecule has 0 spiro atoms. The molecule has 146 valence electrons. The largest absolute Gasteiger partial charge is 0.493 e. The minimum absolute atomic E-state index is 0.306. The number of hydrogen-bond acceptors (Lipinski definition) is 5. The van der Waals surface area contributed by atoms with Crippen LogP contribution in [0.1, 0.15) is 44.1 Å². The summed E-state index contributed by atoms with van der Waals surface area (Å²) in [5.41, 5.74) is 1.23. The molecule has 5 heteroatoms. The molecular weight excluding hydrogens is 328 g/mol. The lowest BCUT2D eigenvalue weighted by Crippen LogP contribution is -2.37. The molecule has 2 heterocycles. The number of hydrogen-bond donors (Lipinski definition) is 1. The van der Waals surface area contributed by atoms with Gasteiger partial charge in [0.2, 0.25) is 0 Å². The van der Waals surface area contributed by atoms with Crippen molar-refractivity contribution in [2.75, 3.05) is 46.4 Å². The van der Waals surface area contributed by atoms with E-state index >= 15 is 0 Å². The van der Waals surface area contributed by atoms with Crippen LogP contribution in [0.15, 0.2) is 18.2 Å². The van der Waals surface area contributed by atoms with Crippen molar-refractivity contribution in [3.63, 3.8) is 0 Å². The van der Waals surface area contributed by atoms with E-state index in [-0.39, 0.29) is 0 Å². The number of rotatable bonds is 8. The number of ether oxygens (including phenoxy) is 2. The summed E-state index contributed by atoms with van der Waals surface area (Å²) in [5.74, 6) is 1.47. The Hall–Kier alpha value is -1.30. The molecule has 0 bridgehead atoms. The summed E-state index contributed by atoms with van der Waals surface area (Å²) in [6.07, 6.45) is 7.27. The van der Waals surface area contributed by atoms with E-state index in [4.69, 9.17) is 9.47 Å². The van der Waals surface area contributed by atoms with Crippen LogP contribution in [0.4, 0.5) is 0 Å². The van der Waals surface area contributed by atoms with Crippen molar-refractivity contribution in [3.8, 4) is 11.5 Å². The van der Waals surface area contributed by atoms with Crippen LogP contribution in [0.3, 0.4) is 0 Å². The monoisotopic (exact) mass is 362 g/mol. The second-order valence-electron chi connectivity index (χ2n) is 7.65. The molecular formula is C21H34N2O3. The average Bonchev–Trinajstić information content (AvgIpc) is 2.58. The van der Waals surface area contributed by atoms with E-state index in [1.807, 2.05) is 6.07 Å². The van der Waals surface area contributed by atoms with Crippen LogP contribution in [0, 0.1) is 0 Å². The fourth-order valence-corrected chi connectivity index (χ4v) is 3.76. The highest BCUT2D eigenvalue weighted by Crippen LogP contribution is 2.29. The maximum Gasteiger partial charge on any atom is 0.161 e. The zero-order valence-corrected chi connectivity index (χ0v) is 16.2. The molecule has 2 aliphatic heterocycles. The summed E-state index contributed by atoms with van der Waals surface area (Å²) >= 11 is 0. The molecule has 1 N–H and O–H groups in total. The minimum Gasteiger partial charge on any atom is -0.493 e. The first kappa shape index (κ1) is 19.5. The first-order valence-corrected chi connectivity index (χ1v) is 10.2. The third-order valence-corrected chi connectivity index (χ3v) is 5.43. The van der Waals surface area contributed by atoms with Gasteiger partial charge in [0.1, 0.15) is 12.7 Å². The van der Waals surface area contributed by atoms with Crippen molar-refractivity contribution < 1.29 is 14.6 Å². The highest BCUT2D eigenvalue weighted by atomic mass is 16.5. The Morgan fingerprint density at radius 1 is 0.923 bits per heavy atom. The molecule has 1 aromatic rings. The lowest BCUT2D eigenvalue weighted by molar-refractivity contribution is 0.0644. The first-order valence-electron chi connectivity index (χ1n) is 10.2. The number of benzene rings is 1. The molecule has 0 radical (unpaired) electrons. The Balaban J connectivity index is 1.50. The Labute approximate surface area is 157 Å². The van der Waals surface area contributed by atoms with Gasteiger partial charge < -0.3 is 19.5 Å². The van der Waals surface area contributed by atoms with E-state index in [1.54, 1.807) is 7.11 Å². The second-order valence-corrected chi connectivity index (χ2v) is 7.65. The van der Waals surface area contributed by atoms with Crippen LogP contribution >= 0.6 is 0 Å². The molecule has 2 fully saturated rings. The van der Waals surface area contributed by atoms with E-state index in [0.29, 0.717) is 13.2 Å². The molecule has 2 aliphatic rings. The molecule has 0 unspecified atom stereocenters. The number of aliphatic hydroxyl groups is 1. The molecule has 1 atom stereocenters. The van der Waals surface area contributed by atoms with Crippen molar-refractivity contribution in [2.45, 2.75) is 51.2 Å². The number of nitrogens with zero attached hydrogens (tertiary/aromatic N) is 2. The number of methoxy groups -OCH3 is 1. The molecule has 0 amide bonds. The lowest BCUT2D eigenvalue weighted by Gasteiger charge is -2.30. The smallest absolute Gasteiger partial charge is 0.161 e. The van der Waals surface area contributed by atoms with E-state index in [2.05, 4.69) is 21.9 Å². The maximum absolute atomic E-state index is 10.4. The summed E-state index contributed by atoms with van der Waals surface area (Å²) in [6.45, 7) is 6.48. The Morgan fingerprint density at radius 2 is 1.62 bits per heavy atom. The van der Waals surface area contributed by atoms with Crippen molar-refractivity contribution in [3.05, 3.63) is 23.8 Å². The SMILES string of the molecule is COc1ccc(CN2CCC2)cc1OC[C@@H](O)CN1CCCCCCC1. The van der Waals surface area contributed by atoms with Crippen molar-refractivity contribution in [2.24, 2.45) is 0 Å². The van der Waals surface area contributed by atoms with Crippen molar-refractivity contribution >= 4 is 0 Å². The molecule has 1 aromatic carbocycles. The lowest BCUT2D eigenvalue weighted by atomic mass is 10.1. The minimum atomic E-state index is -0.474. The quantitative estimate of drug-likeness (QED) is 0.770. The van der Waals surface area contributed by atoms with Gasteiger partial charge in [0.15, 0.2) is 11.5 Å². The molecule has 0 aliphatic carbocycles. The highest BCUT2D eigenvalue weighted by Gasteiger charge is 2.17. The van der Waals surface area contributed by atoms with E-state index in [1.165, 1.54) is 57.2 Å². The maximum atomic E-state index is 10.4. The van der Waals surface area contributed by atoms with Crippen LogP contribution in [-0.2, 0) is 6.54 Å². The Morgan fingerprint density at radius 3 is 2.27 bits per heavy atom. The van der Waals surface area contributed by atoms with Gasteiger partial charge in [-0.25, -0.2) is 0 Å². The van der Waals surface area contributed by atoms with Crippen LogP contribution < -0.4 is 9.47 Å². The zero-order chi connectivity index (χ0) is 18.2. The van der Waals surface area contributed by atoms with Crippen LogP contribution in [0.25, 0.3) is 0 Å². The van der Waals surface area contributed by atoms with E-state index < -0.39 is 6.10 Å². The van der Waals surface area contributed by atoms with Gasteiger partial charge in [-0.1, -0.05) is 25.3 Å². The number of β-amino-alcohol motifs (C(OH)–C–C–N with tert-alkyl or cyclic N) is 1. The van der Waals surface area contributed by atoms with Gasteiger partial charge in [-0.2, -0.15) is 0 Å². The van der Waals surface area contributed by atoms with Crippen molar-refractivity contribution in [1.29, 1.82) is 0 Å². The summed E-state index contributed by atoms with van der Waals surface area (Å²) < 4.78 is 11.4. The standard InChI is InChI=1S/C21H34N2O3/c1-25-20-9-8-18(15-22-12-7-13-22)14-21(20)26-17-19(24)16-23-10-5-3-2-4-6-11-23/h8-9,14,19,24H,2-7,10-13,15-17H2,1H3/t19-/m0/s1. The molecule has 5 nitrogen and oxygen atoms in total. The van der Waals surface area contributed by atoms with Gasteiger partial charge in [-0.15, -0.1) is 0 Å². The fourth-order valence-electron chi connectivity index (χ4n) is 3.76. The van der Waals surface area contributed by atoms with Gasteiger partial charge in [-0.3, -0.25) is 4.90 Å². The normalized spacial score (nSPS) is 20.7. The van der Waals surface area contributed by atoms with E-state index in [0.717, 1.165) is 31.1 Å². The summed E-state index contributed by atoms with van der Waals surface area (Å²) in [7, 11) is 1.66. The first-order chi connectivity index (χ1) is 12.7. The zero-order valence-electron chi connectivity index (χ0n) is 16.2. The summed E-state index contributed by atoms with van der Waals surface area (Å²) in [5, 5.41) is 10.4. The van der Waals surface area contributed by atoms with Gasteiger partial charge in [0.25, 0.3) is 0 Å². The second kappa shape index (κ2) is 10.1. The van der Waals surface area contributed by atoms with Crippen molar-refractivity contribution in [1.82, 2.24) is 9.80 Å². The predicted molar refractivity (Wildman–Crippen MR) is 104 cm³/mol. The number of likely N-dealkylation sites (tertiary alicyclic amines) is 2. The third kappa shape index (κ3) is 5.86. The third-order valence-electron chi connectivity index (χ3n) is 5.43. The molecule has 0 aromatic heterocycles. The molecule has 2 saturated heterocycles. The average molecular weight is 363 g/mol. The Kier molecular flexibility index (Phi) is 7.59. The fraction of sp³-hybridized carbons (Fsp3) is 0.714. The van der Waals surface area contributed by atoms with Crippen LogP contribution in [0.2, 0.25) is 0 Å². The highest BCUT2D eigenvalue weighted by molar-refractivity contribution is 5.43. The van der Waals surface area contributed by atoms with Gasteiger partial charge in [0.05, 0.1) is 7.11 Å². The predicted octanol–water partition coefficient (Wildman–Crippen LogP) is 2.91. The Bertz CT molecular complexity index is 540. The van der Waals surface area contributed by atoms with Crippen LogP contribution in [-0.4, -0.2) is 67.5 Å². The van der Waals surface area contributed by atoms with Gasteiger partial charge >= 0.3 is 0 Å². The van der Waals surface area contributed by atoms with E-state index in [9.17, 15) is 5.11 Å². The number of aliphatic hydroxyl groups excluding tert-OH is 1.